The van der Waals surface area contributed by atoms with Crippen LogP contribution >= 0.6 is 0 Å². The van der Waals surface area contributed by atoms with Crippen molar-refractivity contribution < 1.29 is 22.4 Å². The van der Waals surface area contributed by atoms with Gasteiger partial charge in [-0.2, -0.15) is 18.3 Å². The number of aromatic nitrogens is 2. The predicted octanol–water partition coefficient (Wildman–Crippen LogP) is 2.26. The topological polar surface area (TPSA) is 72.9 Å². The fourth-order valence-electron chi connectivity index (χ4n) is 1.58. The van der Waals surface area contributed by atoms with Crippen LogP contribution in [0.2, 0.25) is 0 Å². The van der Waals surface area contributed by atoms with Gasteiger partial charge in [-0.3, -0.25) is 9.48 Å². The number of carbonyl (C=O) groups excluding carboxylic acids is 1. The van der Waals surface area contributed by atoms with E-state index in [1.54, 1.807) is 0 Å². The average molecular weight is 302 g/mol. The summed E-state index contributed by atoms with van der Waals surface area (Å²) in [5, 5.41) is 5.43. The molecule has 2 rings (SSSR count). The van der Waals surface area contributed by atoms with Crippen LogP contribution in [0.1, 0.15) is 5.69 Å². The molecule has 112 valence electrons. The molecule has 0 bridgehead atoms. The summed E-state index contributed by atoms with van der Waals surface area (Å²) in [6, 6.07) is 4.33. The van der Waals surface area contributed by atoms with Gasteiger partial charge in [-0.25, -0.2) is 4.39 Å². The van der Waals surface area contributed by atoms with E-state index in [9.17, 15) is 22.4 Å². The first-order chi connectivity index (χ1) is 9.75. The number of nitrogens with two attached hydrogens (primary N) is 1. The summed E-state index contributed by atoms with van der Waals surface area (Å²) >= 11 is 0. The zero-order valence-electron chi connectivity index (χ0n) is 10.5. The number of nitrogen functional groups attached to an aromatic ring is 1. The molecule has 0 radical (unpaired) electrons. The standard InChI is InChI=1S/C12H10F4N4O/c13-8-2-1-7(17)5-9(8)18-11(21)6-20-4-3-10(19-20)12(14,15)16/h1-5H,6,17H2,(H,18,21). The van der Waals surface area contributed by atoms with Crippen molar-refractivity contribution in [2.24, 2.45) is 0 Å². The van der Waals surface area contributed by atoms with E-state index in [1.165, 1.54) is 12.1 Å². The second-order valence-corrected chi connectivity index (χ2v) is 4.18. The van der Waals surface area contributed by atoms with Crippen LogP contribution in [0.3, 0.4) is 0 Å². The monoisotopic (exact) mass is 302 g/mol. The van der Waals surface area contributed by atoms with Crippen molar-refractivity contribution in [3.8, 4) is 0 Å². The van der Waals surface area contributed by atoms with Gasteiger partial charge in [0.05, 0.1) is 5.69 Å². The first-order valence-corrected chi connectivity index (χ1v) is 5.71. The second kappa shape index (κ2) is 5.43. The molecule has 3 N–H and O–H groups in total. The number of anilines is 2. The van der Waals surface area contributed by atoms with Crippen molar-refractivity contribution in [1.82, 2.24) is 9.78 Å². The molecule has 0 saturated carbocycles. The van der Waals surface area contributed by atoms with E-state index in [0.29, 0.717) is 0 Å². The lowest BCUT2D eigenvalue weighted by Gasteiger charge is -2.07. The maximum absolute atomic E-state index is 13.4. The van der Waals surface area contributed by atoms with Gasteiger partial charge in [-0.05, 0) is 24.3 Å². The van der Waals surface area contributed by atoms with Gasteiger partial charge in [-0.15, -0.1) is 0 Å². The minimum atomic E-state index is -4.58. The van der Waals surface area contributed by atoms with E-state index in [4.69, 9.17) is 5.73 Å². The quantitative estimate of drug-likeness (QED) is 0.675. The van der Waals surface area contributed by atoms with Gasteiger partial charge in [0, 0.05) is 11.9 Å². The Kier molecular flexibility index (Phi) is 3.83. The van der Waals surface area contributed by atoms with Crippen LogP contribution in [0.15, 0.2) is 30.5 Å². The van der Waals surface area contributed by atoms with Crippen molar-refractivity contribution in [3.05, 3.63) is 42.0 Å². The fourth-order valence-corrected chi connectivity index (χ4v) is 1.58. The third-order valence-corrected chi connectivity index (χ3v) is 2.50. The highest BCUT2D eigenvalue weighted by atomic mass is 19.4. The summed E-state index contributed by atoms with van der Waals surface area (Å²) in [5.74, 6) is -1.43. The first-order valence-electron chi connectivity index (χ1n) is 5.71. The molecule has 21 heavy (non-hydrogen) atoms. The average Bonchev–Trinajstić information content (AvgIpc) is 2.82. The van der Waals surface area contributed by atoms with Gasteiger partial charge < -0.3 is 11.1 Å². The zero-order chi connectivity index (χ0) is 15.6. The van der Waals surface area contributed by atoms with Crippen LogP contribution in [-0.2, 0) is 17.5 Å². The van der Waals surface area contributed by atoms with Crippen LogP contribution in [0.5, 0.6) is 0 Å². The Morgan fingerprint density at radius 2 is 2.05 bits per heavy atom. The molecule has 0 unspecified atom stereocenters. The summed E-state index contributed by atoms with van der Waals surface area (Å²) in [6.45, 7) is -0.482. The minimum absolute atomic E-state index is 0.150. The summed E-state index contributed by atoms with van der Waals surface area (Å²) in [5.41, 5.74) is 4.43. The number of halogens is 4. The lowest BCUT2D eigenvalue weighted by atomic mass is 10.2. The van der Waals surface area contributed by atoms with E-state index in [0.717, 1.165) is 23.0 Å². The van der Waals surface area contributed by atoms with Crippen LogP contribution in [0.4, 0.5) is 28.9 Å². The molecule has 2 aromatic rings. The molecule has 0 aliphatic carbocycles. The van der Waals surface area contributed by atoms with E-state index in [2.05, 4.69) is 10.4 Å². The first kappa shape index (κ1) is 14.8. The molecule has 1 aromatic carbocycles. The number of hydrogen-bond donors (Lipinski definition) is 2. The van der Waals surface area contributed by atoms with Crippen molar-refractivity contribution in [2.75, 3.05) is 11.1 Å². The Bertz CT molecular complexity index is 666. The smallest absolute Gasteiger partial charge is 0.399 e. The minimum Gasteiger partial charge on any atom is -0.399 e. The van der Waals surface area contributed by atoms with Gasteiger partial charge >= 0.3 is 6.18 Å². The van der Waals surface area contributed by atoms with Crippen LogP contribution < -0.4 is 11.1 Å². The number of carbonyl (C=O) groups is 1. The Hall–Kier alpha value is -2.58. The Morgan fingerprint density at radius 3 is 2.67 bits per heavy atom. The van der Waals surface area contributed by atoms with Crippen molar-refractivity contribution in [3.63, 3.8) is 0 Å². The highest BCUT2D eigenvalue weighted by Crippen LogP contribution is 2.27. The lowest BCUT2D eigenvalue weighted by molar-refractivity contribution is -0.141. The van der Waals surface area contributed by atoms with Crippen LogP contribution in [0.25, 0.3) is 0 Å². The largest absolute Gasteiger partial charge is 0.435 e. The number of alkyl halides is 3. The highest BCUT2D eigenvalue weighted by Gasteiger charge is 2.33. The molecular formula is C12H10F4N4O. The molecule has 9 heteroatoms. The molecule has 0 spiro atoms. The molecule has 0 aliphatic heterocycles. The van der Waals surface area contributed by atoms with E-state index in [1.807, 2.05) is 0 Å². The Labute approximate surface area is 116 Å². The number of rotatable bonds is 3. The van der Waals surface area contributed by atoms with Gasteiger partial charge in [0.2, 0.25) is 5.91 Å². The number of benzene rings is 1. The van der Waals surface area contributed by atoms with Crippen molar-refractivity contribution >= 4 is 17.3 Å². The highest BCUT2D eigenvalue weighted by molar-refractivity contribution is 5.91. The molecule has 1 aromatic heterocycles. The SMILES string of the molecule is Nc1ccc(F)c(NC(=O)Cn2ccc(C(F)(F)F)n2)c1. The summed E-state index contributed by atoms with van der Waals surface area (Å²) in [6.07, 6.45) is -3.57. The normalized spacial score (nSPS) is 11.4. The maximum atomic E-state index is 13.4. The second-order valence-electron chi connectivity index (χ2n) is 4.18. The van der Waals surface area contributed by atoms with Crippen LogP contribution in [-0.4, -0.2) is 15.7 Å². The van der Waals surface area contributed by atoms with E-state index >= 15 is 0 Å². The molecule has 0 aliphatic rings. The molecule has 5 nitrogen and oxygen atoms in total. The molecule has 0 atom stereocenters. The lowest BCUT2D eigenvalue weighted by Crippen LogP contribution is -2.20. The zero-order valence-corrected chi connectivity index (χ0v) is 10.5. The maximum Gasteiger partial charge on any atom is 0.435 e. The molecular weight excluding hydrogens is 292 g/mol. The molecule has 0 fully saturated rings. The number of amides is 1. The Morgan fingerprint density at radius 1 is 1.33 bits per heavy atom. The third-order valence-electron chi connectivity index (χ3n) is 2.50. The molecule has 1 heterocycles. The van der Waals surface area contributed by atoms with Crippen molar-refractivity contribution in [2.45, 2.75) is 12.7 Å². The fraction of sp³-hybridized carbons (Fsp3) is 0.167. The third kappa shape index (κ3) is 3.71. The van der Waals surface area contributed by atoms with Gasteiger partial charge in [0.15, 0.2) is 5.69 Å². The summed E-state index contributed by atoms with van der Waals surface area (Å²) in [7, 11) is 0. The van der Waals surface area contributed by atoms with Gasteiger partial charge in [0.25, 0.3) is 0 Å². The number of hydrogen-bond acceptors (Lipinski definition) is 3. The van der Waals surface area contributed by atoms with Crippen LogP contribution in [0, 0.1) is 5.82 Å². The van der Waals surface area contributed by atoms with Gasteiger partial charge in [0.1, 0.15) is 12.4 Å². The summed E-state index contributed by atoms with van der Waals surface area (Å²) in [4.78, 5) is 11.6. The summed E-state index contributed by atoms with van der Waals surface area (Å²) < 4.78 is 51.2. The number of nitrogens with zero attached hydrogens (tertiary/aromatic N) is 2. The van der Waals surface area contributed by atoms with Crippen molar-refractivity contribution in [1.29, 1.82) is 0 Å². The predicted molar refractivity (Wildman–Crippen MR) is 66.7 cm³/mol. The van der Waals surface area contributed by atoms with Gasteiger partial charge in [-0.1, -0.05) is 0 Å². The Balaban J connectivity index is 2.05. The molecule has 0 saturated heterocycles. The molecule has 1 amide bonds. The van der Waals surface area contributed by atoms with E-state index < -0.39 is 30.1 Å². The van der Waals surface area contributed by atoms with E-state index in [-0.39, 0.29) is 11.4 Å². The number of nitrogens with one attached hydrogen (secondary N) is 1.